The van der Waals surface area contributed by atoms with Crippen molar-refractivity contribution in [2.24, 2.45) is 23.5 Å². The number of imidazole rings is 1. The second-order valence-corrected chi connectivity index (χ2v) is 6.61. The van der Waals surface area contributed by atoms with Crippen molar-refractivity contribution in [1.82, 2.24) is 19.9 Å². The van der Waals surface area contributed by atoms with Crippen LogP contribution in [0.15, 0.2) is 37.1 Å². The van der Waals surface area contributed by atoms with Crippen LogP contribution >= 0.6 is 0 Å². The van der Waals surface area contributed by atoms with E-state index in [0.29, 0.717) is 18.4 Å². The lowest BCUT2D eigenvalue weighted by Gasteiger charge is -2.27. The third kappa shape index (κ3) is 2.53. The Hall–Kier alpha value is -2.21. The minimum atomic E-state index is -0.0258. The Bertz CT molecular complexity index is 697. The minimum absolute atomic E-state index is 0.0239. The lowest BCUT2D eigenvalue weighted by molar-refractivity contribution is -0.127. The Balaban J connectivity index is 1.47. The van der Waals surface area contributed by atoms with Crippen LogP contribution in [0, 0.1) is 17.8 Å². The number of carbonyl (C=O) groups is 1. The molecule has 4 rings (SSSR count). The molecule has 4 atom stereocenters. The van der Waals surface area contributed by atoms with E-state index in [1.165, 1.54) is 6.42 Å². The largest absolute Gasteiger partial charge is 0.352 e. The van der Waals surface area contributed by atoms with Gasteiger partial charge in [-0.15, -0.1) is 0 Å². The van der Waals surface area contributed by atoms with Crippen molar-refractivity contribution in [3.63, 3.8) is 0 Å². The number of rotatable bonds is 4. The average Bonchev–Trinajstić information content (AvgIpc) is 3.30. The van der Waals surface area contributed by atoms with Crippen molar-refractivity contribution in [3.05, 3.63) is 42.6 Å². The molecule has 0 saturated heterocycles. The van der Waals surface area contributed by atoms with Crippen molar-refractivity contribution in [3.8, 4) is 5.82 Å². The molecule has 0 spiro atoms. The molecular formula is C17H21N5O. The van der Waals surface area contributed by atoms with Crippen LogP contribution in [0.2, 0.25) is 0 Å². The number of nitrogens with zero attached hydrogens (tertiary/aromatic N) is 3. The van der Waals surface area contributed by atoms with Crippen molar-refractivity contribution in [2.75, 3.05) is 0 Å². The smallest absolute Gasteiger partial charge is 0.225 e. The molecule has 0 aliphatic heterocycles. The number of amides is 1. The molecule has 0 aromatic carbocycles. The Morgan fingerprint density at radius 3 is 2.96 bits per heavy atom. The second kappa shape index (κ2) is 5.77. The van der Waals surface area contributed by atoms with Crippen LogP contribution in [0.1, 0.15) is 24.8 Å². The average molecular weight is 311 g/mol. The predicted molar refractivity (Wildman–Crippen MR) is 85.5 cm³/mol. The molecule has 23 heavy (non-hydrogen) atoms. The molecule has 2 fully saturated rings. The van der Waals surface area contributed by atoms with Crippen LogP contribution in [-0.2, 0) is 11.3 Å². The zero-order valence-electron chi connectivity index (χ0n) is 12.9. The third-order valence-corrected chi connectivity index (χ3v) is 5.35. The molecule has 120 valence electrons. The van der Waals surface area contributed by atoms with Gasteiger partial charge in [0.1, 0.15) is 12.1 Å². The van der Waals surface area contributed by atoms with E-state index in [1.807, 2.05) is 22.9 Å². The van der Waals surface area contributed by atoms with Crippen LogP contribution in [-0.4, -0.2) is 26.5 Å². The highest BCUT2D eigenvalue weighted by Gasteiger charge is 2.48. The first-order valence-electron chi connectivity index (χ1n) is 8.19. The highest BCUT2D eigenvalue weighted by molar-refractivity contribution is 5.80. The summed E-state index contributed by atoms with van der Waals surface area (Å²) in [7, 11) is 0. The number of hydrogen-bond acceptors (Lipinski definition) is 4. The fourth-order valence-corrected chi connectivity index (χ4v) is 4.21. The monoisotopic (exact) mass is 311 g/mol. The van der Waals surface area contributed by atoms with Gasteiger partial charge in [0.05, 0.1) is 5.92 Å². The maximum absolute atomic E-state index is 12.6. The molecule has 0 radical (unpaired) electrons. The topological polar surface area (TPSA) is 85.8 Å². The summed E-state index contributed by atoms with van der Waals surface area (Å²) in [5, 5.41) is 3.07. The first-order chi connectivity index (χ1) is 11.2. The summed E-state index contributed by atoms with van der Waals surface area (Å²) in [5.74, 6) is 1.86. The summed E-state index contributed by atoms with van der Waals surface area (Å²) in [6, 6.07) is 3.88. The number of nitrogens with one attached hydrogen (secondary N) is 1. The molecule has 2 heterocycles. The van der Waals surface area contributed by atoms with Gasteiger partial charge in [-0.05, 0) is 37.2 Å². The van der Waals surface area contributed by atoms with Crippen LogP contribution < -0.4 is 11.1 Å². The fraction of sp³-hybridized carbons (Fsp3) is 0.471. The maximum atomic E-state index is 12.6. The van der Waals surface area contributed by atoms with Gasteiger partial charge in [0.15, 0.2) is 0 Å². The summed E-state index contributed by atoms with van der Waals surface area (Å²) in [6.45, 7) is 0.459. The van der Waals surface area contributed by atoms with Gasteiger partial charge in [0, 0.05) is 36.7 Å². The van der Waals surface area contributed by atoms with Crippen LogP contribution in [0.25, 0.3) is 5.82 Å². The van der Waals surface area contributed by atoms with Crippen LogP contribution in [0.4, 0.5) is 0 Å². The minimum Gasteiger partial charge on any atom is -0.352 e. The number of nitrogens with two attached hydrogens (primary N) is 1. The van der Waals surface area contributed by atoms with Gasteiger partial charge in [-0.3, -0.25) is 9.36 Å². The zero-order chi connectivity index (χ0) is 15.8. The molecule has 3 N–H and O–H groups in total. The normalized spacial score (nSPS) is 28.9. The quantitative estimate of drug-likeness (QED) is 0.890. The second-order valence-electron chi connectivity index (χ2n) is 6.61. The SMILES string of the molecule is NC1C2CCC(C2)C1C(=O)NCc1cccnc1-n1ccnc1. The predicted octanol–water partition coefficient (Wildman–Crippen LogP) is 1.26. The molecule has 6 heteroatoms. The number of aromatic nitrogens is 3. The van der Waals surface area contributed by atoms with E-state index in [2.05, 4.69) is 15.3 Å². The first-order valence-corrected chi connectivity index (χ1v) is 8.19. The summed E-state index contributed by atoms with van der Waals surface area (Å²) in [4.78, 5) is 21.0. The van der Waals surface area contributed by atoms with Crippen LogP contribution in [0.3, 0.4) is 0 Å². The Kier molecular flexibility index (Phi) is 3.61. The lowest BCUT2D eigenvalue weighted by atomic mass is 9.84. The van der Waals surface area contributed by atoms with Gasteiger partial charge >= 0.3 is 0 Å². The van der Waals surface area contributed by atoms with Gasteiger partial charge < -0.3 is 11.1 Å². The summed E-state index contributed by atoms with van der Waals surface area (Å²) >= 11 is 0. The van der Waals surface area contributed by atoms with E-state index in [4.69, 9.17) is 5.73 Å². The van der Waals surface area contributed by atoms with E-state index in [9.17, 15) is 4.79 Å². The first kappa shape index (κ1) is 14.4. The Labute approximate surface area is 135 Å². The van der Waals surface area contributed by atoms with Gasteiger partial charge in [-0.25, -0.2) is 9.97 Å². The molecule has 2 saturated carbocycles. The zero-order valence-corrected chi connectivity index (χ0v) is 12.9. The molecule has 4 unspecified atom stereocenters. The molecule has 1 amide bonds. The highest BCUT2D eigenvalue weighted by atomic mass is 16.1. The van der Waals surface area contributed by atoms with Crippen molar-refractivity contribution < 1.29 is 4.79 Å². The maximum Gasteiger partial charge on any atom is 0.225 e. The molecule has 2 bridgehead atoms. The fourth-order valence-electron chi connectivity index (χ4n) is 4.21. The Morgan fingerprint density at radius 2 is 2.22 bits per heavy atom. The molecule has 6 nitrogen and oxygen atoms in total. The van der Waals surface area contributed by atoms with E-state index in [0.717, 1.165) is 24.2 Å². The number of carbonyl (C=O) groups excluding carboxylic acids is 1. The van der Waals surface area contributed by atoms with E-state index >= 15 is 0 Å². The van der Waals surface area contributed by atoms with E-state index in [1.54, 1.807) is 18.7 Å². The summed E-state index contributed by atoms with van der Waals surface area (Å²) < 4.78 is 1.85. The van der Waals surface area contributed by atoms with E-state index < -0.39 is 0 Å². The number of hydrogen-bond donors (Lipinski definition) is 2. The van der Waals surface area contributed by atoms with Gasteiger partial charge in [-0.2, -0.15) is 0 Å². The molecule has 2 aliphatic carbocycles. The van der Waals surface area contributed by atoms with Crippen molar-refractivity contribution >= 4 is 5.91 Å². The molecule has 2 aliphatic rings. The van der Waals surface area contributed by atoms with Crippen LogP contribution in [0.5, 0.6) is 0 Å². The van der Waals surface area contributed by atoms with Gasteiger partial charge in [0.25, 0.3) is 0 Å². The molecular weight excluding hydrogens is 290 g/mol. The lowest BCUT2D eigenvalue weighted by Crippen LogP contribution is -2.45. The number of fused-ring (bicyclic) bond motifs is 2. The van der Waals surface area contributed by atoms with E-state index in [-0.39, 0.29) is 17.9 Å². The van der Waals surface area contributed by atoms with Crippen molar-refractivity contribution in [1.29, 1.82) is 0 Å². The molecule has 2 aromatic rings. The standard InChI is InChI=1S/C17H21N5O/c18-15-12-4-3-11(8-12)14(15)17(23)21-9-13-2-1-5-20-16(13)22-7-6-19-10-22/h1-2,5-7,10-12,14-15H,3-4,8-9,18H2,(H,21,23). The Morgan fingerprint density at radius 1 is 1.35 bits per heavy atom. The van der Waals surface area contributed by atoms with Gasteiger partial charge in [-0.1, -0.05) is 6.07 Å². The molecule has 2 aromatic heterocycles. The number of pyridine rings is 1. The summed E-state index contributed by atoms with van der Waals surface area (Å²) in [6.07, 6.45) is 10.5. The third-order valence-electron chi connectivity index (χ3n) is 5.35. The van der Waals surface area contributed by atoms with Gasteiger partial charge in [0.2, 0.25) is 5.91 Å². The van der Waals surface area contributed by atoms with Crippen molar-refractivity contribution in [2.45, 2.75) is 31.8 Å². The summed E-state index contributed by atoms with van der Waals surface area (Å²) in [5.41, 5.74) is 7.22. The highest BCUT2D eigenvalue weighted by Crippen LogP contribution is 2.47.